The van der Waals surface area contributed by atoms with E-state index in [2.05, 4.69) is 26.1 Å². The summed E-state index contributed by atoms with van der Waals surface area (Å²) < 4.78 is 5.79. The Morgan fingerprint density at radius 1 is 1.06 bits per heavy atom. The van der Waals surface area contributed by atoms with Crippen molar-refractivity contribution in [1.82, 2.24) is 10.2 Å². The molecule has 0 radical (unpaired) electrons. The molecule has 0 saturated carbocycles. The van der Waals surface area contributed by atoms with Crippen molar-refractivity contribution in [2.45, 2.75) is 78.9 Å². The van der Waals surface area contributed by atoms with E-state index in [1.165, 1.54) is 5.56 Å². The third-order valence-corrected chi connectivity index (χ3v) is 5.69. The molecule has 0 aliphatic heterocycles. The van der Waals surface area contributed by atoms with E-state index in [-0.39, 0.29) is 29.9 Å². The zero-order valence-electron chi connectivity index (χ0n) is 20.6. The first-order chi connectivity index (χ1) is 15.0. The summed E-state index contributed by atoms with van der Waals surface area (Å²) in [5.41, 5.74) is 3.35. The monoisotopic (exact) mass is 438 g/mol. The van der Waals surface area contributed by atoms with Crippen LogP contribution in [0, 0.1) is 6.92 Å². The number of rotatable bonds is 9. The highest BCUT2D eigenvalue weighted by Gasteiger charge is 2.27. The van der Waals surface area contributed by atoms with Crippen molar-refractivity contribution in [3.05, 3.63) is 65.2 Å². The van der Waals surface area contributed by atoms with Crippen molar-refractivity contribution in [3.63, 3.8) is 0 Å². The highest BCUT2D eigenvalue weighted by molar-refractivity contribution is 5.88. The second-order valence-corrected chi connectivity index (χ2v) is 9.57. The van der Waals surface area contributed by atoms with E-state index in [9.17, 15) is 9.59 Å². The Kier molecular flexibility index (Phi) is 8.88. The minimum atomic E-state index is -0.608. The van der Waals surface area contributed by atoms with E-state index >= 15 is 0 Å². The maximum absolute atomic E-state index is 13.2. The van der Waals surface area contributed by atoms with Gasteiger partial charge in [-0.3, -0.25) is 9.59 Å². The Morgan fingerprint density at radius 3 is 2.28 bits per heavy atom. The number of hydrogen-bond donors (Lipinski definition) is 1. The number of carbonyl (C=O) groups excluding carboxylic acids is 2. The second kappa shape index (κ2) is 11.2. The molecule has 0 aliphatic carbocycles. The lowest BCUT2D eigenvalue weighted by Crippen LogP contribution is -2.50. The molecule has 5 heteroatoms. The van der Waals surface area contributed by atoms with Crippen LogP contribution in [0.1, 0.15) is 64.7 Å². The lowest BCUT2D eigenvalue weighted by Gasteiger charge is -2.29. The number of hydrogen-bond acceptors (Lipinski definition) is 3. The molecule has 0 saturated heterocycles. The molecule has 2 atom stereocenters. The smallest absolute Gasteiger partial charge is 0.261 e. The first-order valence-electron chi connectivity index (χ1n) is 11.4. The average Bonchev–Trinajstić information content (AvgIpc) is 2.75. The molecule has 2 rings (SSSR count). The molecule has 5 nitrogen and oxygen atoms in total. The van der Waals surface area contributed by atoms with Crippen molar-refractivity contribution < 1.29 is 14.3 Å². The molecule has 2 amide bonds. The standard InChI is InChI=1S/C27H38N2O3/c1-8-20(3)28-26(31)21(4)29(17-22-11-9-10-19(2)16-22)25(30)18-32-24-14-12-23(13-15-24)27(5,6)7/h9-16,20-21H,8,17-18H2,1-7H3,(H,28,31)/t20-,21+/m1/s1. The van der Waals surface area contributed by atoms with E-state index in [1.54, 1.807) is 11.8 Å². The molecule has 0 heterocycles. The summed E-state index contributed by atoms with van der Waals surface area (Å²) in [6, 6.07) is 15.2. The van der Waals surface area contributed by atoms with Gasteiger partial charge in [0.05, 0.1) is 0 Å². The van der Waals surface area contributed by atoms with Gasteiger partial charge < -0.3 is 15.0 Å². The number of benzene rings is 2. The summed E-state index contributed by atoms with van der Waals surface area (Å²) in [7, 11) is 0. The third kappa shape index (κ3) is 7.40. The predicted molar refractivity (Wildman–Crippen MR) is 130 cm³/mol. The quantitative estimate of drug-likeness (QED) is 0.599. The number of aryl methyl sites for hydroxylation is 1. The molecule has 174 valence electrons. The van der Waals surface area contributed by atoms with Crippen molar-refractivity contribution in [1.29, 1.82) is 0 Å². The van der Waals surface area contributed by atoms with Gasteiger partial charge in [0.15, 0.2) is 6.61 Å². The zero-order chi connectivity index (χ0) is 23.9. The van der Waals surface area contributed by atoms with Crippen LogP contribution in [0.5, 0.6) is 5.75 Å². The first kappa shape index (κ1) is 25.4. The van der Waals surface area contributed by atoms with Crippen molar-refractivity contribution >= 4 is 11.8 Å². The Morgan fingerprint density at radius 2 is 1.72 bits per heavy atom. The second-order valence-electron chi connectivity index (χ2n) is 9.57. The average molecular weight is 439 g/mol. The lowest BCUT2D eigenvalue weighted by molar-refractivity contribution is -0.142. The molecule has 1 N–H and O–H groups in total. The summed E-state index contributed by atoms with van der Waals surface area (Å²) >= 11 is 0. The van der Waals surface area contributed by atoms with E-state index in [1.807, 2.05) is 69.3 Å². The van der Waals surface area contributed by atoms with E-state index in [0.717, 1.165) is 17.5 Å². The van der Waals surface area contributed by atoms with Crippen LogP contribution in [-0.2, 0) is 21.5 Å². The molecular weight excluding hydrogens is 400 g/mol. The highest BCUT2D eigenvalue weighted by Crippen LogP contribution is 2.24. The van der Waals surface area contributed by atoms with Crippen LogP contribution >= 0.6 is 0 Å². The predicted octanol–water partition coefficient (Wildman–Crippen LogP) is 5.00. The zero-order valence-corrected chi connectivity index (χ0v) is 20.6. The molecule has 0 aliphatic rings. The van der Waals surface area contributed by atoms with Crippen molar-refractivity contribution in [2.24, 2.45) is 0 Å². The number of nitrogens with one attached hydrogen (secondary N) is 1. The van der Waals surface area contributed by atoms with Gasteiger partial charge in [0.2, 0.25) is 5.91 Å². The molecule has 2 aromatic rings. The van der Waals surface area contributed by atoms with Gasteiger partial charge in [-0.25, -0.2) is 0 Å². The Labute approximate surface area is 193 Å². The molecule has 0 spiro atoms. The van der Waals surface area contributed by atoms with Crippen LogP contribution in [0.25, 0.3) is 0 Å². The largest absolute Gasteiger partial charge is 0.484 e. The fourth-order valence-electron chi connectivity index (χ4n) is 3.33. The molecular formula is C27H38N2O3. The Bertz CT molecular complexity index is 900. The number of nitrogens with zero attached hydrogens (tertiary/aromatic N) is 1. The number of carbonyl (C=O) groups is 2. The summed E-state index contributed by atoms with van der Waals surface area (Å²) in [5.74, 6) is 0.256. The van der Waals surface area contributed by atoms with Crippen LogP contribution in [0.2, 0.25) is 0 Å². The Hall–Kier alpha value is -2.82. The van der Waals surface area contributed by atoms with E-state index < -0.39 is 6.04 Å². The molecule has 0 bridgehead atoms. The lowest BCUT2D eigenvalue weighted by atomic mass is 9.87. The topological polar surface area (TPSA) is 58.6 Å². The van der Waals surface area contributed by atoms with Crippen LogP contribution in [0.3, 0.4) is 0 Å². The minimum absolute atomic E-state index is 0.0530. The molecule has 0 fully saturated rings. The molecule has 32 heavy (non-hydrogen) atoms. The van der Waals surface area contributed by atoms with Crippen LogP contribution < -0.4 is 10.1 Å². The fourth-order valence-corrected chi connectivity index (χ4v) is 3.33. The summed E-state index contributed by atoms with van der Waals surface area (Å²) in [6.45, 7) is 14.4. The van der Waals surface area contributed by atoms with Gasteiger partial charge in [0.1, 0.15) is 11.8 Å². The fraction of sp³-hybridized carbons (Fsp3) is 0.481. The Balaban J connectivity index is 2.14. The molecule has 2 aromatic carbocycles. The van der Waals surface area contributed by atoms with Crippen molar-refractivity contribution in [3.8, 4) is 5.75 Å². The summed E-state index contributed by atoms with van der Waals surface area (Å²) in [6.07, 6.45) is 0.831. The van der Waals surface area contributed by atoms with Gasteiger partial charge in [-0.1, -0.05) is 69.7 Å². The van der Waals surface area contributed by atoms with Gasteiger partial charge in [0, 0.05) is 12.6 Å². The summed E-state index contributed by atoms with van der Waals surface area (Å²) in [5, 5.41) is 2.98. The SMILES string of the molecule is CC[C@@H](C)NC(=O)[C@H](C)N(Cc1cccc(C)c1)C(=O)COc1ccc(C(C)(C)C)cc1. The number of ether oxygens (including phenoxy) is 1. The minimum Gasteiger partial charge on any atom is -0.484 e. The van der Waals surface area contributed by atoms with Gasteiger partial charge in [-0.05, 0) is 55.9 Å². The van der Waals surface area contributed by atoms with Crippen LogP contribution in [0.15, 0.2) is 48.5 Å². The van der Waals surface area contributed by atoms with Crippen molar-refractivity contribution in [2.75, 3.05) is 6.61 Å². The molecule has 0 aromatic heterocycles. The van der Waals surface area contributed by atoms with Crippen LogP contribution in [0.4, 0.5) is 0 Å². The van der Waals surface area contributed by atoms with Gasteiger partial charge in [-0.2, -0.15) is 0 Å². The highest BCUT2D eigenvalue weighted by atomic mass is 16.5. The normalized spacial score (nSPS) is 13.2. The molecule has 0 unspecified atom stereocenters. The van der Waals surface area contributed by atoms with Crippen LogP contribution in [-0.4, -0.2) is 35.4 Å². The first-order valence-corrected chi connectivity index (χ1v) is 11.4. The van der Waals surface area contributed by atoms with Gasteiger partial charge in [0.25, 0.3) is 5.91 Å². The maximum atomic E-state index is 13.2. The number of amides is 2. The maximum Gasteiger partial charge on any atom is 0.261 e. The van der Waals surface area contributed by atoms with Gasteiger partial charge >= 0.3 is 0 Å². The van der Waals surface area contributed by atoms with Gasteiger partial charge in [-0.15, -0.1) is 0 Å². The summed E-state index contributed by atoms with van der Waals surface area (Å²) in [4.78, 5) is 27.5. The van der Waals surface area contributed by atoms with E-state index in [4.69, 9.17) is 4.74 Å². The van der Waals surface area contributed by atoms with E-state index in [0.29, 0.717) is 12.3 Å². The third-order valence-electron chi connectivity index (χ3n) is 5.69.